The second kappa shape index (κ2) is 13.1. The molecule has 0 saturated carbocycles. The molecular formula is C26H39N5O. The van der Waals surface area contributed by atoms with Crippen LogP contribution >= 0.6 is 0 Å². The van der Waals surface area contributed by atoms with E-state index in [-0.39, 0.29) is 12.5 Å². The van der Waals surface area contributed by atoms with Crippen molar-refractivity contribution in [2.45, 2.75) is 25.7 Å². The molecule has 0 aromatic heterocycles. The molecule has 0 amide bonds. The van der Waals surface area contributed by atoms with Crippen LogP contribution in [0.25, 0.3) is 0 Å². The van der Waals surface area contributed by atoms with Gasteiger partial charge in [-0.2, -0.15) is 0 Å². The molecule has 2 aromatic rings. The van der Waals surface area contributed by atoms with Crippen LogP contribution in [-0.2, 0) is 0 Å². The first-order valence-corrected chi connectivity index (χ1v) is 11.8. The van der Waals surface area contributed by atoms with Gasteiger partial charge in [-0.1, -0.05) is 42.5 Å². The van der Waals surface area contributed by atoms with Gasteiger partial charge in [-0.25, -0.2) is 0 Å². The molecule has 1 fully saturated rings. The predicted molar refractivity (Wildman–Crippen MR) is 135 cm³/mol. The minimum Gasteiger partial charge on any atom is -0.396 e. The Balaban J connectivity index is 1.29. The molecule has 1 aliphatic heterocycles. The molecule has 1 aliphatic rings. The maximum atomic E-state index is 9.72. The van der Waals surface area contributed by atoms with Crippen LogP contribution in [0.15, 0.2) is 59.6 Å². The van der Waals surface area contributed by atoms with Gasteiger partial charge in [0.1, 0.15) is 0 Å². The summed E-state index contributed by atoms with van der Waals surface area (Å²) < 4.78 is 0. The van der Waals surface area contributed by atoms with Crippen molar-refractivity contribution in [2.24, 2.45) is 4.99 Å². The largest absolute Gasteiger partial charge is 0.396 e. The summed E-state index contributed by atoms with van der Waals surface area (Å²) in [6.07, 6.45) is 2.29. The van der Waals surface area contributed by atoms with Crippen LogP contribution in [0.5, 0.6) is 0 Å². The van der Waals surface area contributed by atoms with Crippen molar-refractivity contribution in [3.63, 3.8) is 0 Å². The number of nitrogens with one attached hydrogen (secondary N) is 2. The molecule has 1 heterocycles. The first-order valence-electron chi connectivity index (χ1n) is 11.8. The molecule has 2 aromatic carbocycles. The maximum Gasteiger partial charge on any atom is 0.190 e. The van der Waals surface area contributed by atoms with Gasteiger partial charge < -0.3 is 20.6 Å². The third kappa shape index (κ3) is 7.53. The molecule has 3 N–H and O–H groups in total. The van der Waals surface area contributed by atoms with E-state index in [1.807, 2.05) is 18.2 Å². The molecule has 3 rings (SSSR count). The summed E-state index contributed by atoms with van der Waals surface area (Å²) in [5.74, 6) is 0.861. The Morgan fingerprint density at radius 1 is 1.00 bits per heavy atom. The fourth-order valence-corrected chi connectivity index (χ4v) is 4.18. The predicted octanol–water partition coefficient (Wildman–Crippen LogP) is 2.84. The van der Waals surface area contributed by atoms with E-state index in [9.17, 15) is 5.11 Å². The number of benzene rings is 2. The number of rotatable bonds is 10. The van der Waals surface area contributed by atoms with Crippen LogP contribution in [0.2, 0.25) is 0 Å². The van der Waals surface area contributed by atoms with Crippen LogP contribution in [-0.4, -0.2) is 75.4 Å². The number of aryl methyl sites for hydroxylation is 1. The lowest BCUT2D eigenvalue weighted by molar-refractivity contribution is 0.253. The van der Waals surface area contributed by atoms with E-state index in [4.69, 9.17) is 0 Å². The van der Waals surface area contributed by atoms with E-state index in [1.54, 1.807) is 7.05 Å². The van der Waals surface area contributed by atoms with Gasteiger partial charge in [-0.15, -0.1) is 0 Å². The zero-order valence-corrected chi connectivity index (χ0v) is 19.6. The fourth-order valence-electron chi connectivity index (χ4n) is 4.18. The van der Waals surface area contributed by atoms with E-state index in [1.165, 1.54) is 17.7 Å². The molecule has 0 spiro atoms. The molecule has 32 heavy (non-hydrogen) atoms. The summed E-state index contributed by atoms with van der Waals surface area (Å²) >= 11 is 0. The third-order valence-corrected chi connectivity index (χ3v) is 6.16. The molecule has 0 aliphatic carbocycles. The molecular weight excluding hydrogens is 398 g/mol. The van der Waals surface area contributed by atoms with E-state index in [0.717, 1.165) is 57.2 Å². The van der Waals surface area contributed by atoms with Crippen molar-refractivity contribution in [3.05, 3.63) is 65.7 Å². The summed E-state index contributed by atoms with van der Waals surface area (Å²) in [5, 5.41) is 16.5. The van der Waals surface area contributed by atoms with Gasteiger partial charge in [0, 0.05) is 57.9 Å². The van der Waals surface area contributed by atoms with Crippen LogP contribution < -0.4 is 15.5 Å². The Bertz CT molecular complexity index is 818. The highest BCUT2D eigenvalue weighted by Crippen LogP contribution is 2.18. The van der Waals surface area contributed by atoms with Crippen molar-refractivity contribution >= 4 is 11.6 Å². The van der Waals surface area contributed by atoms with E-state index >= 15 is 0 Å². The van der Waals surface area contributed by atoms with Gasteiger partial charge >= 0.3 is 0 Å². The minimum absolute atomic E-state index is 0.0632. The van der Waals surface area contributed by atoms with Gasteiger partial charge in [0.05, 0.1) is 6.61 Å². The number of hydrogen-bond donors (Lipinski definition) is 3. The summed E-state index contributed by atoms with van der Waals surface area (Å²) in [7, 11) is 1.79. The van der Waals surface area contributed by atoms with Crippen molar-refractivity contribution in [3.8, 4) is 0 Å². The number of anilines is 1. The number of aliphatic imine (C=N–C) groups is 1. The van der Waals surface area contributed by atoms with E-state index in [2.05, 4.69) is 68.7 Å². The number of nitrogens with zero attached hydrogens (tertiary/aromatic N) is 3. The van der Waals surface area contributed by atoms with Gasteiger partial charge in [0.15, 0.2) is 5.96 Å². The highest BCUT2D eigenvalue weighted by Gasteiger charge is 2.16. The Kier molecular flexibility index (Phi) is 9.85. The smallest absolute Gasteiger partial charge is 0.190 e. The number of piperazine rings is 1. The lowest BCUT2D eigenvalue weighted by Gasteiger charge is -2.36. The Morgan fingerprint density at radius 2 is 1.78 bits per heavy atom. The molecule has 0 radical (unpaired) electrons. The number of aliphatic hydroxyl groups excluding tert-OH is 1. The first kappa shape index (κ1) is 24.1. The standard InChI is InChI=1S/C26H39N5O/c1-22-9-8-12-25(19-22)31-17-15-30(16-18-31)14-7-6-13-28-26(27-2)29-20-24(21-32)23-10-4-3-5-11-23/h3-5,8-12,19,24,32H,6-7,13-18,20-21H2,1-2H3,(H2,27,28,29). The van der Waals surface area contributed by atoms with Crippen molar-refractivity contribution < 1.29 is 5.11 Å². The first-order chi connectivity index (χ1) is 15.7. The highest BCUT2D eigenvalue weighted by molar-refractivity contribution is 5.79. The van der Waals surface area contributed by atoms with Crippen LogP contribution in [0.4, 0.5) is 5.69 Å². The minimum atomic E-state index is 0.0632. The van der Waals surface area contributed by atoms with Gasteiger partial charge in [0.25, 0.3) is 0 Å². The number of guanidine groups is 1. The lowest BCUT2D eigenvalue weighted by Crippen LogP contribution is -2.46. The zero-order chi connectivity index (χ0) is 22.6. The number of aliphatic hydroxyl groups is 1. The Morgan fingerprint density at radius 3 is 2.47 bits per heavy atom. The van der Waals surface area contributed by atoms with Crippen molar-refractivity contribution in [2.75, 3.05) is 64.4 Å². The topological polar surface area (TPSA) is 63.1 Å². The lowest BCUT2D eigenvalue weighted by atomic mass is 10.0. The summed E-state index contributed by atoms with van der Waals surface area (Å²) in [5.41, 5.74) is 3.82. The summed E-state index contributed by atoms with van der Waals surface area (Å²) in [6, 6.07) is 18.9. The van der Waals surface area contributed by atoms with Gasteiger partial charge in [-0.3, -0.25) is 9.89 Å². The maximum absolute atomic E-state index is 9.72. The van der Waals surface area contributed by atoms with Crippen LogP contribution in [0.1, 0.15) is 29.9 Å². The average Bonchev–Trinajstić information content (AvgIpc) is 2.84. The van der Waals surface area contributed by atoms with Crippen molar-refractivity contribution in [1.82, 2.24) is 15.5 Å². The average molecular weight is 438 g/mol. The Hall–Kier alpha value is -2.57. The van der Waals surface area contributed by atoms with Gasteiger partial charge in [-0.05, 0) is 49.6 Å². The quantitative estimate of drug-likeness (QED) is 0.303. The summed E-state index contributed by atoms with van der Waals surface area (Å²) in [4.78, 5) is 9.39. The third-order valence-electron chi connectivity index (χ3n) is 6.16. The molecule has 6 nitrogen and oxygen atoms in total. The Labute approximate surface area is 193 Å². The molecule has 1 atom stereocenters. The second-order valence-electron chi connectivity index (χ2n) is 8.54. The SMILES string of the molecule is CN=C(NCCCCN1CCN(c2cccc(C)c2)CC1)NCC(CO)c1ccccc1. The molecule has 174 valence electrons. The van der Waals surface area contributed by atoms with Crippen LogP contribution in [0.3, 0.4) is 0 Å². The monoisotopic (exact) mass is 437 g/mol. The van der Waals surface area contributed by atoms with Crippen LogP contribution in [0, 0.1) is 6.92 Å². The van der Waals surface area contributed by atoms with E-state index in [0.29, 0.717) is 6.54 Å². The van der Waals surface area contributed by atoms with Gasteiger partial charge in [0.2, 0.25) is 0 Å². The second-order valence-corrected chi connectivity index (χ2v) is 8.54. The number of hydrogen-bond acceptors (Lipinski definition) is 4. The zero-order valence-electron chi connectivity index (χ0n) is 19.6. The fraction of sp³-hybridized carbons (Fsp3) is 0.500. The molecule has 0 bridgehead atoms. The molecule has 1 saturated heterocycles. The molecule has 6 heteroatoms. The van der Waals surface area contributed by atoms with E-state index < -0.39 is 0 Å². The summed E-state index contributed by atoms with van der Waals surface area (Å²) in [6.45, 7) is 9.45. The normalized spacial score (nSPS) is 16.1. The number of unbranched alkanes of at least 4 members (excludes halogenated alkanes) is 1. The highest BCUT2D eigenvalue weighted by atomic mass is 16.3. The molecule has 1 unspecified atom stereocenters. The van der Waals surface area contributed by atoms with Crippen molar-refractivity contribution in [1.29, 1.82) is 0 Å².